The van der Waals surface area contributed by atoms with Gasteiger partial charge in [-0.3, -0.25) is 0 Å². The highest BCUT2D eigenvalue weighted by Crippen LogP contribution is 2.35. The Balaban J connectivity index is 1.72. The largest absolute Gasteiger partial charge is 0.379 e. The normalized spacial score (nSPS) is 30.7. The summed E-state index contributed by atoms with van der Waals surface area (Å²) < 4.78 is 0. The molecular weight excluding hydrogens is 258 g/mol. The fraction of sp³-hybridized carbons (Fsp3) is 0.667. The summed E-state index contributed by atoms with van der Waals surface area (Å²) in [5, 5.41) is 7.89. The van der Waals surface area contributed by atoms with Crippen LogP contribution < -0.4 is 10.6 Å². The lowest BCUT2D eigenvalue weighted by Gasteiger charge is -2.27. The van der Waals surface area contributed by atoms with Gasteiger partial charge in [-0.15, -0.1) is 0 Å². The van der Waals surface area contributed by atoms with Crippen LogP contribution in [-0.2, 0) is 0 Å². The summed E-state index contributed by atoms with van der Waals surface area (Å²) in [6.07, 6.45) is 8.35. The molecule has 2 aliphatic rings. The van der Waals surface area contributed by atoms with Gasteiger partial charge in [-0.2, -0.15) is 0 Å². The van der Waals surface area contributed by atoms with Gasteiger partial charge in [0.25, 0.3) is 0 Å². The van der Waals surface area contributed by atoms with E-state index in [1.165, 1.54) is 38.6 Å². The van der Waals surface area contributed by atoms with E-state index in [1.54, 1.807) is 0 Å². The molecule has 1 aliphatic carbocycles. The topological polar surface area (TPSA) is 37.0 Å². The Labute approximate surface area is 120 Å². The van der Waals surface area contributed by atoms with Gasteiger partial charge >= 0.3 is 0 Å². The lowest BCUT2D eigenvalue weighted by Crippen LogP contribution is -2.38. The zero-order valence-electron chi connectivity index (χ0n) is 11.5. The van der Waals surface area contributed by atoms with Gasteiger partial charge in [0.05, 0.1) is 5.69 Å². The lowest BCUT2D eigenvalue weighted by molar-refractivity contribution is 0.376. The minimum Gasteiger partial charge on any atom is -0.379 e. The second-order valence-electron chi connectivity index (χ2n) is 5.90. The molecule has 3 atom stereocenters. The molecule has 0 spiro atoms. The SMILES string of the molecule is Cc1cnc(Cl)c(NC2CCCC2C2CCCN2)c1. The van der Waals surface area contributed by atoms with Crippen LogP contribution in [0, 0.1) is 12.8 Å². The number of nitrogens with zero attached hydrogens (tertiary/aromatic N) is 1. The molecule has 2 heterocycles. The molecule has 104 valence electrons. The summed E-state index contributed by atoms with van der Waals surface area (Å²) in [6, 6.07) is 3.33. The average molecular weight is 280 g/mol. The van der Waals surface area contributed by atoms with E-state index >= 15 is 0 Å². The van der Waals surface area contributed by atoms with Crippen LogP contribution in [0.15, 0.2) is 12.3 Å². The van der Waals surface area contributed by atoms with Crippen LogP contribution in [0.3, 0.4) is 0 Å². The van der Waals surface area contributed by atoms with Gasteiger partial charge in [-0.05, 0) is 56.7 Å². The number of rotatable bonds is 3. The van der Waals surface area contributed by atoms with Crippen molar-refractivity contribution in [1.82, 2.24) is 10.3 Å². The van der Waals surface area contributed by atoms with Crippen LogP contribution in [0.1, 0.15) is 37.7 Å². The number of hydrogen-bond donors (Lipinski definition) is 2. The molecule has 0 amide bonds. The number of nitrogens with one attached hydrogen (secondary N) is 2. The first kappa shape index (κ1) is 13.2. The predicted octanol–water partition coefficient (Wildman–Crippen LogP) is 3.38. The smallest absolute Gasteiger partial charge is 0.152 e. The first-order valence-corrected chi connectivity index (χ1v) is 7.74. The number of aryl methyl sites for hydroxylation is 1. The van der Waals surface area contributed by atoms with Crippen LogP contribution in [0.2, 0.25) is 5.15 Å². The molecule has 2 fully saturated rings. The van der Waals surface area contributed by atoms with Gasteiger partial charge in [0.1, 0.15) is 0 Å². The summed E-state index contributed by atoms with van der Waals surface area (Å²) in [6.45, 7) is 3.24. The molecule has 19 heavy (non-hydrogen) atoms. The average Bonchev–Trinajstić information content (AvgIpc) is 3.03. The van der Waals surface area contributed by atoms with Gasteiger partial charge in [-0.25, -0.2) is 4.98 Å². The van der Waals surface area contributed by atoms with Crippen LogP contribution in [-0.4, -0.2) is 23.6 Å². The number of aromatic nitrogens is 1. The van der Waals surface area contributed by atoms with Crippen molar-refractivity contribution in [1.29, 1.82) is 0 Å². The third-order valence-electron chi connectivity index (χ3n) is 4.50. The Bertz CT molecular complexity index is 443. The van der Waals surface area contributed by atoms with E-state index in [2.05, 4.69) is 28.6 Å². The van der Waals surface area contributed by atoms with Crippen molar-refractivity contribution in [3.8, 4) is 0 Å². The Morgan fingerprint density at radius 1 is 1.32 bits per heavy atom. The van der Waals surface area contributed by atoms with Gasteiger partial charge in [0.15, 0.2) is 5.15 Å². The highest BCUT2D eigenvalue weighted by atomic mass is 35.5. The predicted molar refractivity (Wildman–Crippen MR) is 79.8 cm³/mol. The lowest BCUT2D eigenvalue weighted by atomic mass is 9.93. The molecule has 4 heteroatoms. The maximum Gasteiger partial charge on any atom is 0.152 e. The summed E-state index contributed by atoms with van der Waals surface area (Å²) in [5.41, 5.74) is 2.15. The first-order valence-electron chi connectivity index (χ1n) is 7.36. The second kappa shape index (κ2) is 5.68. The van der Waals surface area contributed by atoms with E-state index in [9.17, 15) is 0 Å². The monoisotopic (exact) mass is 279 g/mol. The molecule has 0 bridgehead atoms. The van der Waals surface area contributed by atoms with E-state index in [1.807, 2.05) is 6.20 Å². The third-order valence-corrected chi connectivity index (χ3v) is 4.80. The molecule has 1 saturated heterocycles. The fourth-order valence-corrected chi connectivity index (χ4v) is 3.74. The minimum absolute atomic E-state index is 0.539. The Morgan fingerprint density at radius 3 is 3.00 bits per heavy atom. The summed E-state index contributed by atoms with van der Waals surface area (Å²) >= 11 is 6.19. The summed E-state index contributed by atoms with van der Waals surface area (Å²) in [4.78, 5) is 4.23. The van der Waals surface area contributed by atoms with Crippen molar-refractivity contribution in [2.45, 2.75) is 51.1 Å². The second-order valence-corrected chi connectivity index (χ2v) is 6.26. The highest BCUT2D eigenvalue weighted by Gasteiger charge is 2.35. The maximum absolute atomic E-state index is 6.19. The van der Waals surface area contributed by atoms with E-state index in [4.69, 9.17) is 11.6 Å². The van der Waals surface area contributed by atoms with Crippen LogP contribution in [0.4, 0.5) is 5.69 Å². The van der Waals surface area contributed by atoms with Gasteiger partial charge in [-0.1, -0.05) is 18.0 Å². The zero-order chi connectivity index (χ0) is 13.2. The number of halogens is 1. The van der Waals surface area contributed by atoms with E-state index in [-0.39, 0.29) is 0 Å². The quantitative estimate of drug-likeness (QED) is 0.833. The standard InChI is InChI=1S/C15H22ClN3/c1-10-8-14(15(16)18-9-10)19-13-5-2-4-11(13)12-6-3-7-17-12/h8-9,11-13,17,19H,2-7H2,1H3. The molecule has 0 aromatic carbocycles. The van der Waals surface area contributed by atoms with Crippen LogP contribution >= 0.6 is 11.6 Å². The van der Waals surface area contributed by atoms with E-state index in [0.29, 0.717) is 17.2 Å². The fourth-order valence-electron chi connectivity index (χ4n) is 3.58. The maximum atomic E-state index is 6.19. The molecule has 3 rings (SSSR count). The van der Waals surface area contributed by atoms with Crippen LogP contribution in [0.25, 0.3) is 0 Å². The minimum atomic E-state index is 0.539. The van der Waals surface area contributed by atoms with Crippen molar-refractivity contribution < 1.29 is 0 Å². The molecule has 1 aromatic heterocycles. The summed E-state index contributed by atoms with van der Waals surface area (Å²) in [5.74, 6) is 0.735. The van der Waals surface area contributed by atoms with Crippen molar-refractivity contribution in [3.05, 3.63) is 23.0 Å². The number of hydrogen-bond acceptors (Lipinski definition) is 3. The molecule has 1 aliphatic heterocycles. The summed E-state index contributed by atoms with van der Waals surface area (Å²) in [7, 11) is 0. The molecular formula is C15H22ClN3. The number of pyridine rings is 1. The van der Waals surface area contributed by atoms with E-state index < -0.39 is 0 Å². The molecule has 1 saturated carbocycles. The van der Waals surface area contributed by atoms with Crippen molar-refractivity contribution >= 4 is 17.3 Å². The Morgan fingerprint density at radius 2 is 2.21 bits per heavy atom. The molecule has 0 radical (unpaired) electrons. The van der Waals surface area contributed by atoms with E-state index in [0.717, 1.165) is 17.2 Å². The molecule has 1 aromatic rings. The van der Waals surface area contributed by atoms with Gasteiger partial charge in [0.2, 0.25) is 0 Å². The third kappa shape index (κ3) is 2.87. The first-order chi connectivity index (χ1) is 9.24. The van der Waals surface area contributed by atoms with Crippen molar-refractivity contribution in [2.24, 2.45) is 5.92 Å². The van der Waals surface area contributed by atoms with Crippen molar-refractivity contribution in [2.75, 3.05) is 11.9 Å². The molecule has 2 N–H and O–H groups in total. The molecule has 3 unspecified atom stereocenters. The van der Waals surface area contributed by atoms with Crippen molar-refractivity contribution in [3.63, 3.8) is 0 Å². The highest BCUT2D eigenvalue weighted by molar-refractivity contribution is 6.31. The Hall–Kier alpha value is -0.800. The van der Waals surface area contributed by atoms with Crippen LogP contribution in [0.5, 0.6) is 0 Å². The molecule has 3 nitrogen and oxygen atoms in total. The van der Waals surface area contributed by atoms with Gasteiger partial charge in [0, 0.05) is 18.3 Å². The van der Waals surface area contributed by atoms with Gasteiger partial charge < -0.3 is 10.6 Å². The Kier molecular flexibility index (Phi) is 3.94. The number of anilines is 1. The zero-order valence-corrected chi connectivity index (χ0v) is 12.2.